The Hall–Kier alpha value is -0.860. The maximum atomic E-state index is 9.06. The van der Waals surface area contributed by atoms with Gasteiger partial charge in [-0.25, -0.2) is 0 Å². The van der Waals surface area contributed by atoms with Crippen LogP contribution in [0.3, 0.4) is 0 Å². The van der Waals surface area contributed by atoms with Crippen LogP contribution in [0.2, 0.25) is 0 Å². The molecule has 1 aromatic carbocycles. The standard InChI is InChI=1S/C12H17NO/c1-12(2)8-7-11(13-14)9-5-3-4-6-10(9)12/h3-6,11,13-14H,7-8H2,1-2H3. The molecule has 1 unspecified atom stereocenters. The highest BCUT2D eigenvalue weighted by Crippen LogP contribution is 2.40. The molecule has 2 heteroatoms. The van der Waals surface area contributed by atoms with Crippen molar-refractivity contribution in [2.45, 2.75) is 38.1 Å². The molecular weight excluding hydrogens is 174 g/mol. The molecular formula is C12H17NO. The lowest BCUT2D eigenvalue weighted by atomic mass is 9.71. The van der Waals surface area contributed by atoms with Crippen molar-refractivity contribution in [1.82, 2.24) is 5.48 Å². The minimum Gasteiger partial charge on any atom is -0.316 e. The zero-order valence-corrected chi connectivity index (χ0v) is 8.75. The van der Waals surface area contributed by atoms with Gasteiger partial charge in [-0.05, 0) is 29.4 Å². The van der Waals surface area contributed by atoms with Crippen molar-refractivity contribution in [2.24, 2.45) is 0 Å². The zero-order valence-electron chi connectivity index (χ0n) is 8.75. The Morgan fingerprint density at radius 2 is 2.07 bits per heavy atom. The second-order valence-electron chi connectivity index (χ2n) is 4.69. The summed E-state index contributed by atoms with van der Waals surface area (Å²) < 4.78 is 0. The topological polar surface area (TPSA) is 32.3 Å². The minimum atomic E-state index is 0.110. The SMILES string of the molecule is CC1(C)CCC(NO)c2ccccc21. The van der Waals surface area contributed by atoms with Gasteiger partial charge in [-0.1, -0.05) is 38.1 Å². The van der Waals surface area contributed by atoms with Crippen LogP contribution in [0.15, 0.2) is 24.3 Å². The number of benzene rings is 1. The average Bonchev–Trinajstić information content (AvgIpc) is 2.18. The monoisotopic (exact) mass is 191 g/mol. The molecule has 1 aliphatic rings. The van der Waals surface area contributed by atoms with Gasteiger partial charge >= 0.3 is 0 Å². The third kappa shape index (κ3) is 1.45. The van der Waals surface area contributed by atoms with Crippen LogP contribution in [0, 0.1) is 0 Å². The molecule has 0 heterocycles. The first-order valence-corrected chi connectivity index (χ1v) is 5.14. The predicted octanol–water partition coefficient (Wildman–Crippen LogP) is 2.78. The first-order valence-electron chi connectivity index (χ1n) is 5.14. The Morgan fingerprint density at radius 1 is 1.36 bits per heavy atom. The normalized spacial score (nSPS) is 24.4. The molecule has 0 aromatic heterocycles. The maximum Gasteiger partial charge on any atom is 0.0572 e. The number of nitrogens with one attached hydrogen (secondary N) is 1. The molecule has 2 nitrogen and oxygen atoms in total. The summed E-state index contributed by atoms with van der Waals surface area (Å²) in [5.74, 6) is 0. The van der Waals surface area contributed by atoms with Crippen molar-refractivity contribution >= 4 is 0 Å². The molecule has 0 bridgehead atoms. The van der Waals surface area contributed by atoms with Crippen molar-refractivity contribution in [2.75, 3.05) is 0 Å². The van der Waals surface area contributed by atoms with E-state index in [0.29, 0.717) is 0 Å². The first-order chi connectivity index (χ1) is 6.65. The van der Waals surface area contributed by atoms with Crippen LogP contribution in [0.25, 0.3) is 0 Å². The summed E-state index contributed by atoms with van der Waals surface area (Å²) in [6.07, 6.45) is 2.11. The summed E-state index contributed by atoms with van der Waals surface area (Å²) in [5.41, 5.74) is 5.24. The Morgan fingerprint density at radius 3 is 2.79 bits per heavy atom. The Labute approximate surface area is 84.9 Å². The molecule has 1 aromatic rings. The van der Waals surface area contributed by atoms with Crippen LogP contribution >= 0.6 is 0 Å². The lowest BCUT2D eigenvalue weighted by molar-refractivity contribution is 0.111. The highest BCUT2D eigenvalue weighted by molar-refractivity contribution is 5.37. The Kier molecular flexibility index (Phi) is 2.33. The van der Waals surface area contributed by atoms with Crippen molar-refractivity contribution in [3.05, 3.63) is 35.4 Å². The van der Waals surface area contributed by atoms with Crippen LogP contribution in [0.4, 0.5) is 0 Å². The van der Waals surface area contributed by atoms with Crippen molar-refractivity contribution in [3.8, 4) is 0 Å². The maximum absolute atomic E-state index is 9.06. The molecule has 0 radical (unpaired) electrons. The number of hydroxylamine groups is 1. The summed E-state index contributed by atoms with van der Waals surface area (Å²) >= 11 is 0. The van der Waals surface area contributed by atoms with Gasteiger partial charge in [0.15, 0.2) is 0 Å². The van der Waals surface area contributed by atoms with Gasteiger partial charge < -0.3 is 5.21 Å². The second-order valence-corrected chi connectivity index (χ2v) is 4.69. The van der Waals surface area contributed by atoms with Gasteiger partial charge in [-0.15, -0.1) is 0 Å². The van der Waals surface area contributed by atoms with E-state index in [0.717, 1.165) is 12.8 Å². The van der Waals surface area contributed by atoms with Crippen LogP contribution < -0.4 is 5.48 Å². The minimum absolute atomic E-state index is 0.110. The Bertz CT molecular complexity index is 333. The second kappa shape index (κ2) is 3.37. The van der Waals surface area contributed by atoms with Gasteiger partial charge in [0.2, 0.25) is 0 Å². The molecule has 14 heavy (non-hydrogen) atoms. The Balaban J connectivity index is 2.49. The summed E-state index contributed by atoms with van der Waals surface area (Å²) in [4.78, 5) is 0. The molecule has 2 rings (SSSR count). The predicted molar refractivity (Wildman–Crippen MR) is 56.4 cm³/mol. The van der Waals surface area contributed by atoms with Gasteiger partial charge in [0.05, 0.1) is 6.04 Å². The fraction of sp³-hybridized carbons (Fsp3) is 0.500. The van der Waals surface area contributed by atoms with E-state index in [9.17, 15) is 0 Å². The number of rotatable bonds is 1. The zero-order chi connectivity index (χ0) is 10.2. The van der Waals surface area contributed by atoms with Crippen molar-refractivity contribution < 1.29 is 5.21 Å². The van der Waals surface area contributed by atoms with E-state index >= 15 is 0 Å². The van der Waals surface area contributed by atoms with E-state index in [4.69, 9.17) is 5.21 Å². The highest BCUT2D eigenvalue weighted by Gasteiger charge is 2.31. The quantitative estimate of drug-likeness (QED) is 0.669. The van der Waals surface area contributed by atoms with Gasteiger partial charge in [-0.2, -0.15) is 5.48 Å². The molecule has 2 N–H and O–H groups in total. The lowest BCUT2D eigenvalue weighted by Crippen LogP contribution is -2.31. The van der Waals surface area contributed by atoms with E-state index in [1.165, 1.54) is 11.1 Å². The number of hydrogen-bond donors (Lipinski definition) is 2. The largest absolute Gasteiger partial charge is 0.316 e. The molecule has 0 saturated heterocycles. The molecule has 1 atom stereocenters. The molecule has 0 aliphatic heterocycles. The smallest absolute Gasteiger partial charge is 0.0572 e. The van der Waals surface area contributed by atoms with E-state index < -0.39 is 0 Å². The van der Waals surface area contributed by atoms with Crippen LogP contribution in [-0.2, 0) is 5.41 Å². The average molecular weight is 191 g/mol. The van der Waals surface area contributed by atoms with Crippen LogP contribution in [0.1, 0.15) is 43.9 Å². The molecule has 0 fully saturated rings. The molecule has 0 saturated carbocycles. The molecule has 76 valence electrons. The fourth-order valence-corrected chi connectivity index (χ4v) is 2.35. The van der Waals surface area contributed by atoms with Crippen molar-refractivity contribution in [1.29, 1.82) is 0 Å². The highest BCUT2D eigenvalue weighted by atomic mass is 16.5. The van der Waals surface area contributed by atoms with E-state index in [-0.39, 0.29) is 11.5 Å². The number of fused-ring (bicyclic) bond motifs is 1. The summed E-state index contributed by atoms with van der Waals surface area (Å²) in [6, 6.07) is 8.48. The lowest BCUT2D eigenvalue weighted by Gasteiger charge is -2.36. The first kappa shape index (κ1) is 9.69. The molecule has 0 amide bonds. The van der Waals surface area contributed by atoms with E-state index in [2.05, 4.69) is 37.5 Å². The molecule has 1 aliphatic carbocycles. The summed E-state index contributed by atoms with van der Waals surface area (Å²) in [7, 11) is 0. The van der Waals surface area contributed by atoms with Crippen LogP contribution in [0.5, 0.6) is 0 Å². The third-order valence-corrected chi connectivity index (χ3v) is 3.28. The van der Waals surface area contributed by atoms with Crippen molar-refractivity contribution in [3.63, 3.8) is 0 Å². The van der Waals surface area contributed by atoms with Gasteiger partial charge in [0.1, 0.15) is 0 Å². The fourth-order valence-electron chi connectivity index (χ4n) is 2.35. The van der Waals surface area contributed by atoms with E-state index in [1.807, 2.05) is 6.07 Å². The number of hydrogen-bond acceptors (Lipinski definition) is 2. The third-order valence-electron chi connectivity index (χ3n) is 3.28. The van der Waals surface area contributed by atoms with Gasteiger partial charge in [0.25, 0.3) is 0 Å². The summed E-state index contributed by atoms with van der Waals surface area (Å²) in [6.45, 7) is 4.53. The summed E-state index contributed by atoms with van der Waals surface area (Å²) in [5, 5.41) is 9.06. The van der Waals surface area contributed by atoms with Gasteiger partial charge in [-0.3, -0.25) is 0 Å². The van der Waals surface area contributed by atoms with E-state index in [1.54, 1.807) is 0 Å². The van der Waals surface area contributed by atoms with Crippen LogP contribution in [-0.4, -0.2) is 5.21 Å². The molecule has 0 spiro atoms. The van der Waals surface area contributed by atoms with Gasteiger partial charge in [0, 0.05) is 0 Å².